The van der Waals surface area contributed by atoms with E-state index in [1.54, 1.807) is 29.1 Å². The number of hydrogen-bond donors (Lipinski definition) is 1. The van der Waals surface area contributed by atoms with Crippen LogP contribution in [-0.4, -0.2) is 32.0 Å². The summed E-state index contributed by atoms with van der Waals surface area (Å²) in [6.45, 7) is 5.49. The molecule has 1 N–H and O–H groups in total. The van der Waals surface area contributed by atoms with Crippen molar-refractivity contribution in [3.63, 3.8) is 0 Å². The van der Waals surface area contributed by atoms with Gasteiger partial charge in [0.05, 0.1) is 10.7 Å². The van der Waals surface area contributed by atoms with Crippen molar-refractivity contribution in [2.24, 2.45) is 0 Å². The molecule has 0 unspecified atom stereocenters. The van der Waals surface area contributed by atoms with E-state index < -0.39 is 0 Å². The highest BCUT2D eigenvalue weighted by Gasteiger charge is 2.10. The van der Waals surface area contributed by atoms with E-state index in [9.17, 15) is 4.79 Å². The van der Waals surface area contributed by atoms with Crippen molar-refractivity contribution in [1.82, 2.24) is 24.9 Å². The Morgan fingerprint density at radius 3 is 2.78 bits per heavy atom. The number of carbonyl (C=O) groups is 1. The van der Waals surface area contributed by atoms with Crippen molar-refractivity contribution in [1.29, 1.82) is 0 Å². The van der Waals surface area contributed by atoms with Gasteiger partial charge < -0.3 is 10.1 Å². The van der Waals surface area contributed by atoms with Crippen LogP contribution >= 0.6 is 11.6 Å². The predicted octanol–water partition coefficient (Wildman–Crippen LogP) is 3.21. The number of amides is 1. The fourth-order valence-corrected chi connectivity index (χ4v) is 2.87. The van der Waals surface area contributed by atoms with Crippen LogP contribution in [0.25, 0.3) is 0 Å². The number of ether oxygens (including phenoxy) is 1. The third kappa shape index (κ3) is 5.10. The van der Waals surface area contributed by atoms with E-state index in [4.69, 9.17) is 16.3 Å². The van der Waals surface area contributed by atoms with Crippen LogP contribution in [0.1, 0.15) is 28.3 Å². The van der Waals surface area contributed by atoms with Crippen LogP contribution in [0.4, 0.5) is 0 Å². The number of halogens is 1. The summed E-state index contributed by atoms with van der Waals surface area (Å²) in [5, 5.41) is 12.0. The molecule has 0 bridgehead atoms. The molecule has 0 atom stereocenters. The molecule has 27 heavy (non-hydrogen) atoms. The smallest absolute Gasteiger partial charge is 0.271 e. The average Bonchev–Trinajstić information content (AvgIpc) is 3.24. The van der Waals surface area contributed by atoms with Gasteiger partial charge in [0.1, 0.15) is 11.4 Å². The molecule has 0 spiro atoms. The predicted molar refractivity (Wildman–Crippen MR) is 103 cm³/mol. The Labute approximate surface area is 162 Å². The highest BCUT2D eigenvalue weighted by Crippen LogP contribution is 2.23. The summed E-state index contributed by atoms with van der Waals surface area (Å²) in [7, 11) is 0. The second kappa shape index (κ2) is 8.73. The van der Waals surface area contributed by atoms with E-state index in [1.165, 1.54) is 0 Å². The van der Waals surface area contributed by atoms with Crippen LogP contribution in [-0.2, 0) is 13.3 Å². The van der Waals surface area contributed by atoms with Crippen molar-refractivity contribution in [3.05, 3.63) is 64.7 Å². The number of hydrogen-bond acceptors (Lipinski definition) is 4. The first-order chi connectivity index (χ1) is 13.0. The zero-order valence-corrected chi connectivity index (χ0v) is 16.1. The quantitative estimate of drug-likeness (QED) is 0.602. The van der Waals surface area contributed by atoms with E-state index in [-0.39, 0.29) is 12.6 Å². The van der Waals surface area contributed by atoms with Gasteiger partial charge in [-0.05, 0) is 44.5 Å². The maximum absolute atomic E-state index is 12.2. The van der Waals surface area contributed by atoms with E-state index in [2.05, 4.69) is 15.5 Å². The summed E-state index contributed by atoms with van der Waals surface area (Å²) >= 11 is 6.05. The fraction of sp³-hybridized carbons (Fsp3) is 0.316. The molecule has 2 aromatic heterocycles. The number of aromatic nitrogens is 4. The van der Waals surface area contributed by atoms with Gasteiger partial charge in [-0.1, -0.05) is 23.7 Å². The number of aryl methyl sites for hydroxylation is 3. The molecule has 3 rings (SSSR count). The molecule has 1 amide bonds. The minimum absolute atomic E-state index is 0.176. The van der Waals surface area contributed by atoms with Gasteiger partial charge >= 0.3 is 0 Å². The lowest BCUT2D eigenvalue weighted by Crippen LogP contribution is -2.26. The van der Waals surface area contributed by atoms with Crippen LogP contribution in [0.3, 0.4) is 0 Å². The lowest BCUT2D eigenvalue weighted by Gasteiger charge is -2.07. The summed E-state index contributed by atoms with van der Waals surface area (Å²) in [6, 6.07) is 10.9. The van der Waals surface area contributed by atoms with Crippen LogP contribution in [0.15, 0.2) is 42.6 Å². The van der Waals surface area contributed by atoms with Crippen molar-refractivity contribution in [2.75, 3.05) is 6.54 Å². The minimum atomic E-state index is -0.208. The molecule has 0 saturated heterocycles. The molecule has 142 valence electrons. The van der Waals surface area contributed by atoms with E-state index >= 15 is 0 Å². The zero-order valence-electron chi connectivity index (χ0n) is 15.4. The SMILES string of the molecule is Cc1cc(C)n(CCCNC(=O)c2ccn(COc3ccccc3Cl)n2)n1. The number of rotatable bonds is 8. The van der Waals surface area contributed by atoms with E-state index in [1.807, 2.05) is 36.7 Å². The Morgan fingerprint density at radius 2 is 2.04 bits per heavy atom. The fourth-order valence-electron chi connectivity index (χ4n) is 2.67. The maximum Gasteiger partial charge on any atom is 0.271 e. The number of benzene rings is 1. The van der Waals surface area contributed by atoms with Gasteiger partial charge in [-0.3, -0.25) is 9.48 Å². The second-order valence-electron chi connectivity index (χ2n) is 6.20. The van der Waals surface area contributed by atoms with Crippen LogP contribution in [0, 0.1) is 13.8 Å². The highest BCUT2D eigenvalue weighted by molar-refractivity contribution is 6.32. The van der Waals surface area contributed by atoms with Gasteiger partial charge in [-0.2, -0.15) is 10.2 Å². The number of nitrogens with zero attached hydrogens (tertiary/aromatic N) is 4. The minimum Gasteiger partial charge on any atom is -0.470 e. The number of para-hydroxylation sites is 1. The summed E-state index contributed by atoms with van der Waals surface area (Å²) < 4.78 is 9.10. The van der Waals surface area contributed by atoms with Gasteiger partial charge in [0.2, 0.25) is 0 Å². The highest BCUT2D eigenvalue weighted by atomic mass is 35.5. The Bertz CT molecular complexity index is 918. The molecule has 0 aliphatic rings. The first-order valence-corrected chi connectivity index (χ1v) is 9.11. The lowest BCUT2D eigenvalue weighted by atomic mass is 10.3. The summed E-state index contributed by atoms with van der Waals surface area (Å²) in [6.07, 6.45) is 2.49. The monoisotopic (exact) mass is 387 g/mol. The largest absolute Gasteiger partial charge is 0.470 e. The van der Waals surface area contributed by atoms with Gasteiger partial charge in [0.15, 0.2) is 6.73 Å². The summed E-state index contributed by atoms with van der Waals surface area (Å²) in [5.41, 5.74) is 2.47. The Balaban J connectivity index is 1.44. The topological polar surface area (TPSA) is 74.0 Å². The first kappa shape index (κ1) is 19.0. The molecular formula is C19H22ClN5O2. The molecule has 8 heteroatoms. The maximum atomic E-state index is 12.2. The summed E-state index contributed by atoms with van der Waals surface area (Å²) in [5.74, 6) is 0.365. The van der Waals surface area contributed by atoms with Crippen LogP contribution in [0.5, 0.6) is 5.75 Å². The molecule has 3 aromatic rings. The molecule has 7 nitrogen and oxygen atoms in total. The van der Waals surface area contributed by atoms with Crippen molar-refractivity contribution in [3.8, 4) is 5.75 Å². The Hall–Kier alpha value is -2.80. The van der Waals surface area contributed by atoms with Gasteiger partial charge in [0, 0.05) is 25.0 Å². The molecule has 0 radical (unpaired) electrons. The molecular weight excluding hydrogens is 366 g/mol. The van der Waals surface area contributed by atoms with E-state index in [0.717, 1.165) is 24.4 Å². The Morgan fingerprint density at radius 1 is 1.22 bits per heavy atom. The molecule has 0 saturated carbocycles. The second-order valence-corrected chi connectivity index (χ2v) is 6.61. The third-order valence-corrected chi connectivity index (χ3v) is 4.31. The van der Waals surface area contributed by atoms with Crippen molar-refractivity contribution in [2.45, 2.75) is 33.5 Å². The number of nitrogens with one attached hydrogen (secondary N) is 1. The third-order valence-electron chi connectivity index (χ3n) is 4.00. The van der Waals surface area contributed by atoms with Crippen LogP contribution < -0.4 is 10.1 Å². The van der Waals surface area contributed by atoms with Gasteiger partial charge in [0.25, 0.3) is 5.91 Å². The molecule has 0 aliphatic heterocycles. The summed E-state index contributed by atoms with van der Waals surface area (Å²) in [4.78, 5) is 12.2. The lowest BCUT2D eigenvalue weighted by molar-refractivity contribution is 0.0945. The molecule has 0 aliphatic carbocycles. The Kier molecular flexibility index (Phi) is 6.13. The molecule has 2 heterocycles. The van der Waals surface area contributed by atoms with E-state index in [0.29, 0.717) is 23.0 Å². The van der Waals surface area contributed by atoms with Gasteiger partial charge in [-0.25, -0.2) is 4.68 Å². The van der Waals surface area contributed by atoms with Crippen molar-refractivity contribution >= 4 is 17.5 Å². The average molecular weight is 388 g/mol. The molecule has 0 fully saturated rings. The van der Waals surface area contributed by atoms with Gasteiger partial charge in [-0.15, -0.1) is 0 Å². The zero-order chi connectivity index (χ0) is 19.2. The standard InChI is InChI=1S/C19H22ClN5O2/c1-14-12-15(2)25(22-14)10-5-9-21-19(26)17-8-11-24(23-17)13-27-18-7-4-3-6-16(18)20/h3-4,6-8,11-12H,5,9-10,13H2,1-2H3,(H,21,26). The molecule has 1 aromatic carbocycles. The normalized spacial score (nSPS) is 10.8. The number of carbonyl (C=O) groups excluding carboxylic acids is 1. The first-order valence-electron chi connectivity index (χ1n) is 8.73. The van der Waals surface area contributed by atoms with Crippen LogP contribution in [0.2, 0.25) is 5.02 Å². The van der Waals surface area contributed by atoms with Crippen molar-refractivity contribution < 1.29 is 9.53 Å².